The summed E-state index contributed by atoms with van der Waals surface area (Å²) in [5, 5.41) is 19.0. The molecule has 1 N–H and O–H groups in total. The number of aryl methyl sites for hydroxylation is 1. The molecule has 1 aliphatic heterocycles. The van der Waals surface area contributed by atoms with Crippen LogP contribution in [0.1, 0.15) is 27.8 Å². The van der Waals surface area contributed by atoms with Gasteiger partial charge in [-0.25, -0.2) is 4.68 Å². The average molecular weight is 304 g/mol. The standard InChI is InChI=1S/C18H15N3O2/c1-11-10-16-14-4-2-3-5-15(14)19-17(21(16)20-11)12-6-8-13(9-7-12)18(22)23/h2-10,17,19H,1H3,(H,22,23)/p-1/t17-/m0/s1. The Morgan fingerprint density at radius 2 is 1.91 bits per heavy atom. The molecule has 3 aromatic rings. The highest BCUT2D eigenvalue weighted by Gasteiger charge is 2.25. The van der Waals surface area contributed by atoms with Crippen molar-refractivity contribution in [1.29, 1.82) is 0 Å². The van der Waals surface area contributed by atoms with Crippen molar-refractivity contribution in [1.82, 2.24) is 9.78 Å². The number of carboxylic acids is 1. The molecule has 1 aromatic heterocycles. The number of carbonyl (C=O) groups is 1. The van der Waals surface area contributed by atoms with Gasteiger partial charge >= 0.3 is 0 Å². The van der Waals surface area contributed by atoms with E-state index in [-0.39, 0.29) is 11.7 Å². The summed E-state index contributed by atoms with van der Waals surface area (Å²) in [4.78, 5) is 10.9. The fourth-order valence-corrected chi connectivity index (χ4v) is 2.98. The van der Waals surface area contributed by atoms with Crippen molar-refractivity contribution in [3.8, 4) is 11.3 Å². The zero-order valence-electron chi connectivity index (χ0n) is 12.5. The molecule has 1 aliphatic rings. The maximum Gasteiger partial charge on any atom is 0.147 e. The second kappa shape index (κ2) is 4.98. The van der Waals surface area contributed by atoms with Gasteiger partial charge in [-0.3, -0.25) is 0 Å². The van der Waals surface area contributed by atoms with Crippen LogP contribution in [0.4, 0.5) is 5.69 Å². The first-order valence-electron chi connectivity index (χ1n) is 7.37. The number of carbonyl (C=O) groups excluding carboxylic acids is 1. The van der Waals surface area contributed by atoms with Gasteiger partial charge in [-0.1, -0.05) is 42.5 Å². The molecule has 2 aromatic carbocycles. The lowest BCUT2D eigenvalue weighted by molar-refractivity contribution is -0.255. The molecule has 0 unspecified atom stereocenters. The Hall–Kier alpha value is -3.08. The molecule has 0 spiro atoms. The Balaban J connectivity index is 1.83. The van der Waals surface area contributed by atoms with E-state index in [4.69, 9.17) is 0 Å². The number of nitrogens with zero attached hydrogens (tertiary/aromatic N) is 2. The lowest BCUT2D eigenvalue weighted by atomic mass is 10.0. The number of hydrogen-bond donors (Lipinski definition) is 1. The molecule has 0 bridgehead atoms. The van der Waals surface area contributed by atoms with E-state index in [1.807, 2.05) is 29.8 Å². The molecule has 0 aliphatic carbocycles. The van der Waals surface area contributed by atoms with Gasteiger partial charge in [0.15, 0.2) is 0 Å². The molecule has 0 amide bonds. The number of nitrogens with one attached hydrogen (secondary N) is 1. The zero-order valence-corrected chi connectivity index (χ0v) is 12.5. The van der Waals surface area contributed by atoms with Gasteiger partial charge in [-0.05, 0) is 30.2 Å². The van der Waals surface area contributed by atoms with Crippen molar-refractivity contribution in [2.75, 3.05) is 5.32 Å². The maximum atomic E-state index is 10.9. The molecule has 0 radical (unpaired) electrons. The van der Waals surface area contributed by atoms with Crippen molar-refractivity contribution < 1.29 is 9.90 Å². The number of carboxylic acid groups (broad SMARTS) is 1. The molecule has 5 heteroatoms. The highest BCUT2D eigenvalue weighted by molar-refractivity contribution is 5.85. The van der Waals surface area contributed by atoms with E-state index in [0.717, 1.165) is 28.2 Å². The van der Waals surface area contributed by atoms with Gasteiger partial charge in [0.25, 0.3) is 0 Å². The van der Waals surface area contributed by atoms with Gasteiger partial charge in [-0.2, -0.15) is 5.10 Å². The van der Waals surface area contributed by atoms with Crippen LogP contribution in [0.25, 0.3) is 11.3 Å². The second-order valence-electron chi connectivity index (χ2n) is 5.62. The van der Waals surface area contributed by atoms with Crippen LogP contribution in [-0.4, -0.2) is 15.7 Å². The summed E-state index contributed by atoms with van der Waals surface area (Å²) in [7, 11) is 0. The van der Waals surface area contributed by atoms with Crippen molar-refractivity contribution in [2.45, 2.75) is 13.1 Å². The van der Waals surface area contributed by atoms with Crippen molar-refractivity contribution in [3.05, 3.63) is 71.4 Å². The predicted octanol–water partition coefficient (Wildman–Crippen LogP) is 2.19. The summed E-state index contributed by atoms with van der Waals surface area (Å²) in [6.45, 7) is 1.96. The second-order valence-corrected chi connectivity index (χ2v) is 5.62. The molecule has 23 heavy (non-hydrogen) atoms. The van der Waals surface area contributed by atoms with Gasteiger partial charge in [0.1, 0.15) is 6.17 Å². The van der Waals surface area contributed by atoms with E-state index in [1.165, 1.54) is 0 Å². The minimum atomic E-state index is -1.17. The molecular formula is C18H14N3O2-. The van der Waals surface area contributed by atoms with E-state index in [1.54, 1.807) is 24.3 Å². The Morgan fingerprint density at radius 1 is 1.17 bits per heavy atom. The molecule has 0 fully saturated rings. The lowest BCUT2D eigenvalue weighted by Crippen LogP contribution is -2.26. The van der Waals surface area contributed by atoms with E-state index in [2.05, 4.69) is 22.5 Å². The molecule has 5 nitrogen and oxygen atoms in total. The molecule has 114 valence electrons. The van der Waals surface area contributed by atoms with Crippen LogP contribution in [0.2, 0.25) is 0 Å². The SMILES string of the molecule is Cc1cc2n(n1)[C@@H](c1ccc(C(=O)[O-])cc1)Nc1ccccc1-2. The fraction of sp³-hybridized carbons (Fsp3) is 0.111. The quantitative estimate of drug-likeness (QED) is 0.788. The number of aromatic nitrogens is 2. The molecular weight excluding hydrogens is 290 g/mol. The first-order chi connectivity index (χ1) is 11.1. The minimum Gasteiger partial charge on any atom is -0.545 e. The van der Waals surface area contributed by atoms with Gasteiger partial charge in [-0.15, -0.1) is 0 Å². The molecule has 0 saturated carbocycles. The monoisotopic (exact) mass is 304 g/mol. The van der Waals surface area contributed by atoms with Gasteiger partial charge in [0, 0.05) is 11.3 Å². The summed E-state index contributed by atoms with van der Waals surface area (Å²) in [5.41, 5.74) is 5.24. The largest absolute Gasteiger partial charge is 0.545 e. The lowest BCUT2D eigenvalue weighted by Gasteiger charge is -2.29. The van der Waals surface area contributed by atoms with E-state index in [9.17, 15) is 9.90 Å². The zero-order chi connectivity index (χ0) is 16.0. The third kappa shape index (κ3) is 2.17. The van der Waals surface area contributed by atoms with E-state index >= 15 is 0 Å². The third-order valence-electron chi connectivity index (χ3n) is 4.06. The number of anilines is 1. The highest BCUT2D eigenvalue weighted by Crippen LogP contribution is 2.38. The minimum absolute atomic E-state index is 0.168. The van der Waals surface area contributed by atoms with Crippen LogP contribution >= 0.6 is 0 Å². The number of benzene rings is 2. The highest BCUT2D eigenvalue weighted by atomic mass is 16.4. The number of rotatable bonds is 2. The van der Waals surface area contributed by atoms with Crippen LogP contribution in [0.3, 0.4) is 0 Å². The fourth-order valence-electron chi connectivity index (χ4n) is 2.98. The summed E-state index contributed by atoms with van der Waals surface area (Å²) in [5.74, 6) is -1.17. The summed E-state index contributed by atoms with van der Waals surface area (Å²) >= 11 is 0. The van der Waals surface area contributed by atoms with Crippen LogP contribution in [-0.2, 0) is 0 Å². The molecule has 4 rings (SSSR count). The number of fused-ring (bicyclic) bond motifs is 3. The van der Waals surface area contributed by atoms with Gasteiger partial charge < -0.3 is 15.2 Å². The topological polar surface area (TPSA) is 70.0 Å². The number of aromatic carboxylic acids is 1. The van der Waals surface area contributed by atoms with Crippen LogP contribution in [0.5, 0.6) is 0 Å². The van der Waals surface area contributed by atoms with E-state index in [0.29, 0.717) is 0 Å². The Labute approximate surface area is 133 Å². The van der Waals surface area contributed by atoms with Crippen molar-refractivity contribution >= 4 is 11.7 Å². The molecule has 1 atom stereocenters. The van der Waals surface area contributed by atoms with Crippen LogP contribution < -0.4 is 10.4 Å². The summed E-state index contributed by atoms with van der Waals surface area (Å²) < 4.78 is 1.94. The Morgan fingerprint density at radius 3 is 2.65 bits per heavy atom. The molecule has 0 saturated heterocycles. The van der Waals surface area contributed by atoms with E-state index < -0.39 is 5.97 Å². The summed E-state index contributed by atoms with van der Waals surface area (Å²) in [6, 6.07) is 16.8. The Bertz CT molecular complexity index is 897. The first-order valence-corrected chi connectivity index (χ1v) is 7.37. The van der Waals surface area contributed by atoms with Crippen LogP contribution in [0.15, 0.2) is 54.6 Å². The first kappa shape index (κ1) is 13.6. The predicted molar refractivity (Wildman–Crippen MR) is 84.9 cm³/mol. The van der Waals surface area contributed by atoms with Crippen molar-refractivity contribution in [2.24, 2.45) is 0 Å². The number of hydrogen-bond acceptors (Lipinski definition) is 4. The third-order valence-corrected chi connectivity index (χ3v) is 4.06. The molecule has 2 heterocycles. The smallest absolute Gasteiger partial charge is 0.147 e. The maximum absolute atomic E-state index is 10.9. The van der Waals surface area contributed by atoms with Gasteiger partial charge in [0.05, 0.1) is 17.4 Å². The summed E-state index contributed by atoms with van der Waals surface area (Å²) in [6.07, 6.45) is -0.176. The Kier molecular flexibility index (Phi) is 2.94. The average Bonchev–Trinajstić information content (AvgIpc) is 2.96. The van der Waals surface area contributed by atoms with Crippen molar-refractivity contribution in [3.63, 3.8) is 0 Å². The van der Waals surface area contributed by atoms with Gasteiger partial charge in [0.2, 0.25) is 0 Å². The normalized spacial score (nSPS) is 15.4. The van der Waals surface area contributed by atoms with Crippen LogP contribution in [0, 0.1) is 6.92 Å². The number of para-hydroxylation sites is 1.